The normalized spacial score (nSPS) is 24.2. The third-order valence-electron chi connectivity index (χ3n) is 3.23. The van der Waals surface area contributed by atoms with E-state index in [4.69, 9.17) is 9.15 Å². The summed E-state index contributed by atoms with van der Waals surface area (Å²) in [5.74, 6) is 0.840. The van der Waals surface area contributed by atoms with Crippen molar-refractivity contribution in [3.63, 3.8) is 0 Å². The van der Waals surface area contributed by atoms with Gasteiger partial charge in [-0.1, -0.05) is 13.8 Å². The summed E-state index contributed by atoms with van der Waals surface area (Å²) >= 11 is 0. The van der Waals surface area contributed by atoms with Gasteiger partial charge in [0.2, 0.25) is 0 Å². The van der Waals surface area contributed by atoms with E-state index in [2.05, 4.69) is 19.2 Å². The highest BCUT2D eigenvalue weighted by molar-refractivity contribution is 5.93. The Morgan fingerprint density at radius 1 is 1.59 bits per heavy atom. The summed E-state index contributed by atoms with van der Waals surface area (Å²) in [5, 5.41) is 2.93. The predicted molar refractivity (Wildman–Crippen MR) is 63.7 cm³/mol. The highest BCUT2D eigenvalue weighted by Crippen LogP contribution is 2.26. The Hall–Kier alpha value is -1.29. The van der Waals surface area contributed by atoms with Crippen LogP contribution in [0, 0.1) is 11.8 Å². The van der Waals surface area contributed by atoms with Gasteiger partial charge in [-0.2, -0.15) is 0 Å². The maximum absolute atomic E-state index is 11.7. The molecular formula is C13H19NO3. The van der Waals surface area contributed by atoms with Gasteiger partial charge in [0.15, 0.2) is 0 Å². The Morgan fingerprint density at radius 2 is 2.41 bits per heavy atom. The van der Waals surface area contributed by atoms with Crippen LogP contribution in [0.1, 0.15) is 30.6 Å². The number of hydrogen-bond acceptors (Lipinski definition) is 3. The minimum absolute atomic E-state index is 0.0758. The SMILES string of the molecule is CC(C)C1OCCC1CNC(=O)c1ccoc1. The second kappa shape index (κ2) is 5.36. The van der Waals surface area contributed by atoms with Crippen molar-refractivity contribution in [3.8, 4) is 0 Å². The molecular weight excluding hydrogens is 218 g/mol. The van der Waals surface area contributed by atoms with Crippen molar-refractivity contribution in [2.45, 2.75) is 26.4 Å². The van der Waals surface area contributed by atoms with Crippen molar-refractivity contribution < 1.29 is 13.9 Å². The minimum atomic E-state index is -0.0758. The smallest absolute Gasteiger partial charge is 0.254 e. The van der Waals surface area contributed by atoms with E-state index < -0.39 is 0 Å². The number of ether oxygens (including phenoxy) is 1. The Bertz CT molecular complexity index is 359. The molecule has 2 unspecified atom stereocenters. The first-order valence-electron chi connectivity index (χ1n) is 6.10. The Kier molecular flexibility index (Phi) is 3.84. The molecule has 2 heterocycles. The van der Waals surface area contributed by atoms with Crippen molar-refractivity contribution in [1.29, 1.82) is 0 Å². The molecule has 0 aliphatic carbocycles. The molecule has 0 aromatic carbocycles. The van der Waals surface area contributed by atoms with E-state index in [1.54, 1.807) is 6.07 Å². The maximum atomic E-state index is 11.7. The quantitative estimate of drug-likeness (QED) is 0.872. The summed E-state index contributed by atoms with van der Waals surface area (Å²) in [6.45, 7) is 5.78. The highest BCUT2D eigenvalue weighted by atomic mass is 16.5. The number of carbonyl (C=O) groups excluding carboxylic acids is 1. The van der Waals surface area contributed by atoms with Gasteiger partial charge in [0.1, 0.15) is 6.26 Å². The lowest BCUT2D eigenvalue weighted by molar-refractivity contribution is 0.0533. The zero-order valence-corrected chi connectivity index (χ0v) is 10.3. The molecule has 2 atom stereocenters. The molecule has 0 bridgehead atoms. The van der Waals surface area contributed by atoms with Crippen LogP contribution in [-0.2, 0) is 4.74 Å². The van der Waals surface area contributed by atoms with Crippen molar-refractivity contribution in [3.05, 3.63) is 24.2 Å². The number of hydrogen-bond donors (Lipinski definition) is 1. The fourth-order valence-electron chi connectivity index (χ4n) is 2.33. The molecule has 1 fully saturated rings. The molecule has 1 aromatic heterocycles. The van der Waals surface area contributed by atoms with Gasteiger partial charge in [0, 0.05) is 19.1 Å². The van der Waals surface area contributed by atoms with Crippen LogP contribution in [0.25, 0.3) is 0 Å². The van der Waals surface area contributed by atoms with Gasteiger partial charge in [-0.15, -0.1) is 0 Å². The molecule has 1 aromatic rings. The summed E-state index contributed by atoms with van der Waals surface area (Å²) in [6.07, 6.45) is 4.25. The summed E-state index contributed by atoms with van der Waals surface area (Å²) < 4.78 is 10.6. The first kappa shape index (κ1) is 12.2. The van der Waals surface area contributed by atoms with Gasteiger partial charge in [-0.25, -0.2) is 0 Å². The average molecular weight is 237 g/mol. The summed E-state index contributed by atoms with van der Waals surface area (Å²) in [6, 6.07) is 1.67. The van der Waals surface area contributed by atoms with Crippen LogP contribution in [0.2, 0.25) is 0 Å². The third-order valence-corrected chi connectivity index (χ3v) is 3.23. The van der Waals surface area contributed by atoms with Gasteiger partial charge in [0.05, 0.1) is 17.9 Å². The molecule has 17 heavy (non-hydrogen) atoms. The topological polar surface area (TPSA) is 51.5 Å². The van der Waals surface area contributed by atoms with E-state index in [0.29, 0.717) is 23.9 Å². The zero-order valence-electron chi connectivity index (χ0n) is 10.3. The second-order valence-corrected chi connectivity index (χ2v) is 4.85. The van der Waals surface area contributed by atoms with Crippen LogP contribution < -0.4 is 5.32 Å². The monoisotopic (exact) mass is 237 g/mol. The van der Waals surface area contributed by atoms with E-state index >= 15 is 0 Å². The fourth-order valence-corrected chi connectivity index (χ4v) is 2.33. The zero-order chi connectivity index (χ0) is 12.3. The van der Waals surface area contributed by atoms with Gasteiger partial charge in [-0.05, 0) is 18.4 Å². The molecule has 2 rings (SSSR count). The minimum Gasteiger partial charge on any atom is -0.472 e. The van der Waals surface area contributed by atoms with Crippen LogP contribution in [0.4, 0.5) is 0 Å². The molecule has 1 aliphatic heterocycles. The maximum Gasteiger partial charge on any atom is 0.254 e. The standard InChI is InChI=1S/C13H19NO3/c1-9(2)12-10(4-6-17-12)7-14-13(15)11-3-5-16-8-11/h3,5,8-10,12H,4,6-7H2,1-2H3,(H,14,15). The van der Waals surface area contributed by atoms with Crippen LogP contribution in [0.15, 0.2) is 23.0 Å². The lowest BCUT2D eigenvalue weighted by Gasteiger charge is -2.22. The number of furan rings is 1. The Morgan fingerprint density at radius 3 is 3.06 bits per heavy atom. The number of rotatable bonds is 4. The van der Waals surface area contributed by atoms with E-state index in [0.717, 1.165) is 13.0 Å². The van der Waals surface area contributed by atoms with Crippen molar-refractivity contribution >= 4 is 5.91 Å². The van der Waals surface area contributed by atoms with Crippen LogP contribution in [-0.4, -0.2) is 25.2 Å². The molecule has 4 heteroatoms. The Balaban J connectivity index is 1.84. The molecule has 4 nitrogen and oxygen atoms in total. The molecule has 0 radical (unpaired) electrons. The predicted octanol–water partition coefficient (Wildman–Crippen LogP) is 2.07. The lowest BCUT2D eigenvalue weighted by Crippen LogP contribution is -2.34. The molecule has 1 aliphatic rings. The van der Waals surface area contributed by atoms with Crippen LogP contribution in [0.5, 0.6) is 0 Å². The fraction of sp³-hybridized carbons (Fsp3) is 0.615. The van der Waals surface area contributed by atoms with Crippen molar-refractivity contribution in [1.82, 2.24) is 5.32 Å². The van der Waals surface area contributed by atoms with Crippen LogP contribution >= 0.6 is 0 Å². The first-order valence-corrected chi connectivity index (χ1v) is 6.10. The van der Waals surface area contributed by atoms with E-state index in [-0.39, 0.29) is 12.0 Å². The van der Waals surface area contributed by atoms with Gasteiger partial charge in [-0.3, -0.25) is 4.79 Å². The number of nitrogens with one attached hydrogen (secondary N) is 1. The highest BCUT2D eigenvalue weighted by Gasteiger charge is 2.30. The molecule has 0 spiro atoms. The molecule has 0 saturated carbocycles. The number of carbonyl (C=O) groups is 1. The van der Waals surface area contributed by atoms with Gasteiger partial charge < -0.3 is 14.5 Å². The van der Waals surface area contributed by atoms with E-state index in [1.165, 1.54) is 12.5 Å². The first-order chi connectivity index (χ1) is 8.18. The van der Waals surface area contributed by atoms with Gasteiger partial charge >= 0.3 is 0 Å². The molecule has 94 valence electrons. The largest absolute Gasteiger partial charge is 0.472 e. The lowest BCUT2D eigenvalue weighted by atomic mass is 9.93. The molecule has 1 N–H and O–H groups in total. The van der Waals surface area contributed by atoms with E-state index in [1.807, 2.05) is 0 Å². The van der Waals surface area contributed by atoms with Crippen molar-refractivity contribution in [2.24, 2.45) is 11.8 Å². The third kappa shape index (κ3) is 2.88. The molecule has 1 saturated heterocycles. The summed E-state index contributed by atoms with van der Waals surface area (Å²) in [4.78, 5) is 11.7. The van der Waals surface area contributed by atoms with Crippen LogP contribution in [0.3, 0.4) is 0 Å². The number of amides is 1. The Labute approximate surface area is 101 Å². The second-order valence-electron chi connectivity index (χ2n) is 4.85. The summed E-state index contributed by atoms with van der Waals surface area (Å²) in [7, 11) is 0. The van der Waals surface area contributed by atoms with E-state index in [9.17, 15) is 4.79 Å². The van der Waals surface area contributed by atoms with Gasteiger partial charge in [0.25, 0.3) is 5.91 Å². The average Bonchev–Trinajstić information content (AvgIpc) is 2.96. The van der Waals surface area contributed by atoms with Crippen molar-refractivity contribution in [2.75, 3.05) is 13.2 Å². The molecule has 1 amide bonds. The summed E-state index contributed by atoms with van der Waals surface area (Å²) in [5.41, 5.74) is 0.574.